The van der Waals surface area contributed by atoms with Crippen LogP contribution < -0.4 is 0 Å². The fourth-order valence-corrected chi connectivity index (χ4v) is 3.47. The van der Waals surface area contributed by atoms with Crippen LogP contribution in [0, 0.1) is 0 Å². The number of benzene rings is 1. The number of morpholine rings is 1. The van der Waals surface area contributed by atoms with Gasteiger partial charge in [-0.15, -0.1) is 11.3 Å². The maximum absolute atomic E-state index is 12.5. The number of carbonyl (C=O) groups is 2. The average Bonchev–Trinajstić information content (AvgIpc) is 3.05. The quantitative estimate of drug-likeness (QED) is 0.923. The second kappa shape index (κ2) is 6.70. The van der Waals surface area contributed by atoms with Gasteiger partial charge >= 0.3 is 5.97 Å². The number of rotatable bonds is 3. The van der Waals surface area contributed by atoms with Gasteiger partial charge in [-0.05, 0) is 29.8 Å². The molecule has 1 aliphatic rings. The molecule has 0 radical (unpaired) electrons. The first-order valence-corrected chi connectivity index (χ1v) is 8.23. The maximum atomic E-state index is 12.5. The normalized spacial score (nSPS) is 18.0. The third-order valence-electron chi connectivity index (χ3n) is 3.57. The largest absolute Gasteiger partial charge is 0.479 e. The van der Waals surface area contributed by atoms with E-state index in [9.17, 15) is 9.59 Å². The molecule has 0 aliphatic carbocycles. The van der Waals surface area contributed by atoms with Crippen LogP contribution in [-0.2, 0) is 9.53 Å². The van der Waals surface area contributed by atoms with Gasteiger partial charge in [0.25, 0.3) is 5.91 Å². The van der Waals surface area contributed by atoms with Crippen molar-refractivity contribution >= 4 is 34.8 Å². The fraction of sp³-hybridized carbons (Fsp3) is 0.250. The molecule has 1 atom stereocenters. The van der Waals surface area contributed by atoms with Crippen molar-refractivity contribution in [1.29, 1.82) is 0 Å². The first-order chi connectivity index (χ1) is 11.0. The van der Waals surface area contributed by atoms with Gasteiger partial charge in [-0.2, -0.15) is 0 Å². The molecule has 1 aromatic heterocycles. The lowest BCUT2D eigenvalue weighted by Gasteiger charge is -2.30. The molecule has 120 valence electrons. The molecule has 1 aromatic carbocycles. The molecule has 0 saturated carbocycles. The Hall–Kier alpha value is -1.89. The summed E-state index contributed by atoms with van der Waals surface area (Å²) in [6.07, 6.45) is -0.955. The summed E-state index contributed by atoms with van der Waals surface area (Å²) < 4.78 is 5.14. The highest BCUT2D eigenvalue weighted by atomic mass is 35.5. The van der Waals surface area contributed by atoms with E-state index in [0.717, 1.165) is 10.4 Å². The van der Waals surface area contributed by atoms with Crippen molar-refractivity contribution in [2.45, 2.75) is 6.10 Å². The minimum absolute atomic E-state index is 0.0718. The van der Waals surface area contributed by atoms with E-state index in [-0.39, 0.29) is 19.1 Å². The van der Waals surface area contributed by atoms with E-state index in [0.29, 0.717) is 16.4 Å². The van der Waals surface area contributed by atoms with Crippen LogP contribution in [0.15, 0.2) is 36.4 Å². The van der Waals surface area contributed by atoms with Gasteiger partial charge in [-0.1, -0.05) is 23.7 Å². The number of ether oxygens (including phenoxy) is 1. The molecule has 0 spiro atoms. The molecule has 7 heteroatoms. The Balaban J connectivity index is 1.75. The minimum Gasteiger partial charge on any atom is -0.479 e. The van der Waals surface area contributed by atoms with Crippen molar-refractivity contribution in [2.24, 2.45) is 0 Å². The molecular weight excluding hydrogens is 338 g/mol. The van der Waals surface area contributed by atoms with Crippen molar-refractivity contribution < 1.29 is 19.4 Å². The van der Waals surface area contributed by atoms with E-state index < -0.39 is 12.1 Å². The highest BCUT2D eigenvalue weighted by Gasteiger charge is 2.30. The molecule has 3 rings (SSSR count). The van der Waals surface area contributed by atoms with E-state index in [1.807, 2.05) is 18.2 Å². The number of aliphatic carboxylic acids is 1. The summed E-state index contributed by atoms with van der Waals surface area (Å²) in [5, 5.41) is 9.67. The summed E-state index contributed by atoms with van der Waals surface area (Å²) >= 11 is 7.26. The Morgan fingerprint density at radius 3 is 2.65 bits per heavy atom. The van der Waals surface area contributed by atoms with Crippen molar-refractivity contribution in [3.63, 3.8) is 0 Å². The highest BCUT2D eigenvalue weighted by Crippen LogP contribution is 2.30. The molecular formula is C16H14ClNO4S. The molecule has 2 heterocycles. The van der Waals surface area contributed by atoms with E-state index in [1.165, 1.54) is 16.2 Å². The summed E-state index contributed by atoms with van der Waals surface area (Å²) in [6.45, 7) is 0.706. The predicted octanol–water partition coefficient (Wildman–Crippen LogP) is 2.99. The van der Waals surface area contributed by atoms with E-state index in [4.69, 9.17) is 21.4 Å². The number of nitrogens with zero attached hydrogens (tertiary/aromatic N) is 1. The third kappa shape index (κ3) is 3.55. The molecule has 0 bridgehead atoms. The van der Waals surface area contributed by atoms with Crippen LogP contribution in [0.3, 0.4) is 0 Å². The monoisotopic (exact) mass is 351 g/mol. The second-order valence-electron chi connectivity index (χ2n) is 5.12. The van der Waals surface area contributed by atoms with Gasteiger partial charge in [0, 0.05) is 16.4 Å². The number of carboxylic acid groups (broad SMARTS) is 1. The summed E-state index contributed by atoms with van der Waals surface area (Å²) in [7, 11) is 0. The molecule has 23 heavy (non-hydrogen) atoms. The molecule has 5 nitrogen and oxygen atoms in total. The third-order valence-corrected chi connectivity index (χ3v) is 4.95. The fourth-order valence-electron chi connectivity index (χ4n) is 2.36. The van der Waals surface area contributed by atoms with Crippen LogP contribution in [0.25, 0.3) is 10.4 Å². The van der Waals surface area contributed by atoms with Gasteiger partial charge in [0.05, 0.1) is 18.0 Å². The Kier molecular flexibility index (Phi) is 4.66. The number of carbonyl (C=O) groups excluding carboxylic acids is 1. The SMILES string of the molecule is O=C(O)[C@@H]1CN(C(=O)c2ccc(-c3ccc(Cl)cc3)s2)CCO1. The number of carboxylic acids is 1. The topological polar surface area (TPSA) is 66.8 Å². The van der Waals surface area contributed by atoms with Crippen molar-refractivity contribution in [1.82, 2.24) is 4.90 Å². The summed E-state index contributed by atoms with van der Waals surface area (Å²) in [5.74, 6) is -1.21. The first kappa shape index (κ1) is 16.0. The van der Waals surface area contributed by atoms with Gasteiger partial charge in [-0.3, -0.25) is 4.79 Å². The van der Waals surface area contributed by atoms with E-state index in [2.05, 4.69) is 0 Å². The standard InChI is InChI=1S/C16H14ClNO4S/c17-11-3-1-10(2-4-11)13-5-6-14(23-13)15(19)18-7-8-22-12(9-18)16(20)21/h1-6,12H,7-9H2,(H,20,21)/t12-/m0/s1. The zero-order valence-corrected chi connectivity index (χ0v) is 13.6. The predicted molar refractivity (Wildman–Crippen MR) is 88.0 cm³/mol. The lowest BCUT2D eigenvalue weighted by molar-refractivity contribution is -0.154. The summed E-state index contributed by atoms with van der Waals surface area (Å²) in [4.78, 5) is 26.6. The summed E-state index contributed by atoms with van der Waals surface area (Å²) in [6, 6.07) is 11.1. The number of hydrogen-bond donors (Lipinski definition) is 1. The molecule has 1 N–H and O–H groups in total. The average molecular weight is 352 g/mol. The van der Waals surface area contributed by atoms with Gasteiger partial charge in [0.2, 0.25) is 0 Å². The van der Waals surface area contributed by atoms with E-state index in [1.54, 1.807) is 18.2 Å². The molecule has 0 unspecified atom stereocenters. The molecule has 1 fully saturated rings. The van der Waals surface area contributed by atoms with Crippen LogP contribution >= 0.6 is 22.9 Å². The van der Waals surface area contributed by atoms with Crippen molar-refractivity contribution in [3.8, 4) is 10.4 Å². The molecule has 1 saturated heterocycles. The first-order valence-electron chi connectivity index (χ1n) is 7.04. The Morgan fingerprint density at radius 1 is 1.22 bits per heavy atom. The van der Waals surface area contributed by atoms with Crippen LogP contribution in [0.5, 0.6) is 0 Å². The van der Waals surface area contributed by atoms with Gasteiger partial charge in [0.15, 0.2) is 6.10 Å². The lowest BCUT2D eigenvalue weighted by Crippen LogP contribution is -2.48. The van der Waals surface area contributed by atoms with Gasteiger partial charge in [0.1, 0.15) is 0 Å². The minimum atomic E-state index is -1.05. The number of hydrogen-bond acceptors (Lipinski definition) is 4. The second-order valence-corrected chi connectivity index (χ2v) is 6.64. The number of halogens is 1. The Morgan fingerprint density at radius 2 is 1.96 bits per heavy atom. The summed E-state index contributed by atoms with van der Waals surface area (Å²) in [5.41, 5.74) is 0.990. The van der Waals surface area contributed by atoms with Crippen LogP contribution in [0.1, 0.15) is 9.67 Å². The van der Waals surface area contributed by atoms with Crippen molar-refractivity contribution in [2.75, 3.05) is 19.7 Å². The highest BCUT2D eigenvalue weighted by molar-refractivity contribution is 7.17. The van der Waals surface area contributed by atoms with Crippen LogP contribution in [-0.4, -0.2) is 47.7 Å². The maximum Gasteiger partial charge on any atom is 0.334 e. The zero-order valence-electron chi connectivity index (χ0n) is 12.1. The molecule has 1 amide bonds. The smallest absolute Gasteiger partial charge is 0.334 e. The van der Waals surface area contributed by atoms with E-state index >= 15 is 0 Å². The Labute approximate surface area is 142 Å². The van der Waals surface area contributed by atoms with Gasteiger partial charge < -0.3 is 14.7 Å². The molecule has 1 aliphatic heterocycles. The number of amides is 1. The molecule has 2 aromatic rings. The lowest BCUT2D eigenvalue weighted by atomic mass is 10.2. The van der Waals surface area contributed by atoms with Crippen molar-refractivity contribution in [3.05, 3.63) is 46.3 Å². The number of thiophene rings is 1. The van der Waals surface area contributed by atoms with Gasteiger partial charge in [-0.25, -0.2) is 4.79 Å². The van der Waals surface area contributed by atoms with Crippen LogP contribution in [0.2, 0.25) is 5.02 Å². The zero-order chi connectivity index (χ0) is 16.4. The van der Waals surface area contributed by atoms with Crippen LogP contribution in [0.4, 0.5) is 0 Å². The Bertz CT molecular complexity index is 728.